The summed E-state index contributed by atoms with van der Waals surface area (Å²) in [5.41, 5.74) is 0.904. The van der Waals surface area contributed by atoms with Gasteiger partial charge in [-0.3, -0.25) is 14.2 Å². The molecule has 0 aliphatic rings. The van der Waals surface area contributed by atoms with E-state index >= 15 is 0 Å². The van der Waals surface area contributed by atoms with Crippen LogP contribution in [0.5, 0.6) is 0 Å². The van der Waals surface area contributed by atoms with E-state index in [1.165, 1.54) is 10.8 Å². The van der Waals surface area contributed by atoms with Gasteiger partial charge in [0.1, 0.15) is 11.1 Å². The molecule has 0 spiro atoms. The topological polar surface area (TPSA) is 108 Å². The van der Waals surface area contributed by atoms with Crippen LogP contribution in [0.3, 0.4) is 0 Å². The molecule has 150 valence electrons. The Kier molecular flexibility index (Phi) is 7.67. The van der Waals surface area contributed by atoms with E-state index in [-0.39, 0.29) is 35.8 Å². The van der Waals surface area contributed by atoms with Crippen molar-refractivity contribution < 1.29 is 23.5 Å². The number of carbonyl (C=O) groups excluding carboxylic acids is 1. The van der Waals surface area contributed by atoms with Crippen LogP contribution in [0, 0.1) is 11.3 Å². The molecule has 3 rings (SSSR count). The Bertz CT molecular complexity index is 1170. The van der Waals surface area contributed by atoms with E-state index in [4.69, 9.17) is 5.11 Å². The Morgan fingerprint density at radius 3 is 2.57 bits per heavy atom. The summed E-state index contributed by atoms with van der Waals surface area (Å²) < 4.78 is 30.4. The molecule has 2 N–H and O–H groups in total. The van der Waals surface area contributed by atoms with Crippen molar-refractivity contribution >= 4 is 69.2 Å². The summed E-state index contributed by atoms with van der Waals surface area (Å²) in [5.74, 6) is -3.17. The summed E-state index contributed by atoms with van der Waals surface area (Å²) in [6.07, 6.45) is 1.31. The quantitative estimate of drug-likeness (QED) is 0.408. The average molecular weight is 489 g/mol. The molecule has 1 heterocycles. The van der Waals surface area contributed by atoms with Crippen molar-refractivity contribution in [2.24, 2.45) is 0 Å². The van der Waals surface area contributed by atoms with Gasteiger partial charge in [-0.2, -0.15) is 14.0 Å². The van der Waals surface area contributed by atoms with Crippen molar-refractivity contribution in [2.75, 3.05) is 6.54 Å². The van der Waals surface area contributed by atoms with Crippen molar-refractivity contribution in [2.45, 2.75) is 10.4 Å². The van der Waals surface area contributed by atoms with Crippen molar-refractivity contribution in [1.29, 1.82) is 5.26 Å². The molecule has 30 heavy (non-hydrogen) atoms. The molecule has 0 radical (unpaired) electrons. The van der Waals surface area contributed by atoms with Gasteiger partial charge in [0.15, 0.2) is 5.16 Å². The number of hydrogen-bond acceptors (Lipinski definition) is 5. The fourth-order valence-electron chi connectivity index (χ4n) is 2.60. The van der Waals surface area contributed by atoms with Crippen LogP contribution in [0.4, 0.5) is 8.78 Å². The number of benzene rings is 2. The van der Waals surface area contributed by atoms with Crippen LogP contribution in [-0.4, -0.2) is 57.2 Å². The molecule has 0 atom stereocenters. The Balaban J connectivity index is 0.00000320. The van der Waals surface area contributed by atoms with E-state index < -0.39 is 23.7 Å². The number of aromatic nitrogens is 2. The van der Waals surface area contributed by atoms with Gasteiger partial charge in [0.05, 0.1) is 23.5 Å². The number of halogens is 3. The second-order valence-corrected chi connectivity index (χ2v) is 7.58. The van der Waals surface area contributed by atoms with Crippen LogP contribution >= 0.6 is 27.7 Å². The third kappa shape index (κ3) is 4.85. The molecule has 0 unspecified atom stereocenters. The number of imidazole rings is 1. The van der Waals surface area contributed by atoms with Gasteiger partial charge in [-0.15, -0.1) is 0 Å². The first-order valence-corrected chi connectivity index (χ1v) is 9.58. The summed E-state index contributed by atoms with van der Waals surface area (Å²) in [6, 6.07) is 12.2. The van der Waals surface area contributed by atoms with E-state index in [9.17, 15) is 23.6 Å². The summed E-state index contributed by atoms with van der Waals surface area (Å²) in [5, 5.41) is 16.6. The number of amides is 1. The predicted octanol–water partition coefficient (Wildman–Crippen LogP) is 2.90. The van der Waals surface area contributed by atoms with Gasteiger partial charge in [0.2, 0.25) is 0 Å². The number of carboxylic acid groups (broad SMARTS) is 1. The number of nitrogens with zero attached hydrogens (tertiary/aromatic N) is 3. The summed E-state index contributed by atoms with van der Waals surface area (Å²) >= 11 is 3.15. The predicted molar refractivity (Wildman–Crippen MR) is 112 cm³/mol. The number of aliphatic carboxylic acids is 1. The minimum atomic E-state index is -3.96. The van der Waals surface area contributed by atoms with Gasteiger partial charge in [-0.05, 0) is 39.8 Å². The van der Waals surface area contributed by atoms with Crippen LogP contribution in [0.15, 0.2) is 52.4 Å². The van der Waals surface area contributed by atoms with Gasteiger partial charge >= 0.3 is 36.0 Å². The van der Waals surface area contributed by atoms with E-state index in [0.717, 1.165) is 0 Å². The van der Waals surface area contributed by atoms with Crippen LogP contribution in [0.2, 0.25) is 0 Å². The molecule has 0 saturated carbocycles. The number of fused-ring (bicyclic) bond motifs is 1. The zero-order valence-electron chi connectivity index (χ0n) is 14.4. The van der Waals surface area contributed by atoms with Crippen molar-refractivity contribution in [3.8, 4) is 11.8 Å². The van der Waals surface area contributed by atoms with Crippen LogP contribution in [-0.2, 0) is 9.59 Å². The number of rotatable bonds is 6. The zero-order valence-corrected chi connectivity index (χ0v) is 16.8. The summed E-state index contributed by atoms with van der Waals surface area (Å²) in [7, 11) is 0. The van der Waals surface area contributed by atoms with Crippen LogP contribution < -0.4 is 5.32 Å². The molecule has 0 bridgehead atoms. The maximum absolute atomic E-state index is 14.3. The standard InChI is InChI=1S/C18H11BrF2N4O3S.Li.H/c19-14-8-24-17(29-18(20,21)16(28)23-9-15(26)27)25(14)13-6-5-10(7-22)11-3-1-2-4-12(11)13;;/h1-6,8H,9H2,(H,23,28)(H,26,27);;. The Labute approximate surface area is 193 Å². The molecule has 1 amide bonds. The number of hydrogen-bond donors (Lipinski definition) is 2. The second-order valence-electron chi connectivity index (χ2n) is 5.68. The first-order valence-electron chi connectivity index (χ1n) is 7.97. The van der Waals surface area contributed by atoms with E-state index in [1.807, 2.05) is 0 Å². The van der Waals surface area contributed by atoms with Crippen molar-refractivity contribution in [1.82, 2.24) is 14.9 Å². The molecule has 2 aromatic carbocycles. The third-order valence-electron chi connectivity index (χ3n) is 3.83. The number of thioether (sulfide) groups is 1. The van der Waals surface area contributed by atoms with E-state index in [0.29, 0.717) is 26.6 Å². The third-order valence-corrected chi connectivity index (χ3v) is 5.30. The molecule has 0 saturated heterocycles. The first kappa shape index (κ1) is 23.9. The van der Waals surface area contributed by atoms with E-state index in [2.05, 4.69) is 27.0 Å². The number of nitriles is 1. The molecule has 0 aliphatic heterocycles. The summed E-state index contributed by atoms with van der Waals surface area (Å²) in [4.78, 5) is 26.1. The molecular formula is C18H12BrF2LiN4O3S. The Hall–Kier alpha value is -2.37. The van der Waals surface area contributed by atoms with E-state index in [1.54, 1.807) is 41.7 Å². The molecule has 12 heteroatoms. The van der Waals surface area contributed by atoms with Gasteiger partial charge in [0.25, 0.3) is 0 Å². The van der Waals surface area contributed by atoms with Crippen molar-refractivity contribution in [3.05, 3.63) is 52.8 Å². The molecule has 7 nitrogen and oxygen atoms in total. The summed E-state index contributed by atoms with van der Waals surface area (Å²) in [6.45, 7) is -0.923. The normalized spacial score (nSPS) is 10.9. The average Bonchev–Trinajstić information content (AvgIpc) is 3.04. The van der Waals surface area contributed by atoms with Gasteiger partial charge in [-0.25, -0.2) is 4.98 Å². The van der Waals surface area contributed by atoms with Gasteiger partial charge in [0, 0.05) is 10.8 Å². The Morgan fingerprint density at radius 2 is 1.93 bits per heavy atom. The van der Waals surface area contributed by atoms with Gasteiger partial charge < -0.3 is 10.4 Å². The molecule has 0 fully saturated rings. The minimum absolute atomic E-state index is 0. The van der Waals surface area contributed by atoms with Gasteiger partial charge in [-0.1, -0.05) is 24.3 Å². The fraction of sp³-hybridized carbons (Fsp3) is 0.111. The Morgan fingerprint density at radius 1 is 1.27 bits per heavy atom. The number of alkyl halides is 2. The molecular weight excluding hydrogens is 477 g/mol. The van der Waals surface area contributed by atoms with Crippen LogP contribution in [0.1, 0.15) is 5.56 Å². The first-order chi connectivity index (χ1) is 13.7. The molecule has 1 aromatic heterocycles. The molecule has 3 aromatic rings. The van der Waals surface area contributed by atoms with Crippen LogP contribution in [0.25, 0.3) is 16.5 Å². The number of carboxylic acids is 1. The zero-order chi connectivity index (χ0) is 21.2. The van der Waals surface area contributed by atoms with Crippen molar-refractivity contribution in [3.63, 3.8) is 0 Å². The monoisotopic (exact) mass is 488 g/mol. The number of carbonyl (C=O) groups is 2. The maximum atomic E-state index is 14.3. The molecule has 0 aliphatic carbocycles. The fourth-order valence-corrected chi connectivity index (χ4v) is 3.97. The SMILES string of the molecule is N#Cc1ccc(-n2c(Br)cnc2SC(F)(F)C(=O)NCC(=O)O)c2ccccc12.[LiH]. The number of nitrogens with one attached hydrogen (secondary N) is 1. The second kappa shape index (κ2) is 9.62.